The van der Waals surface area contributed by atoms with Crippen molar-refractivity contribution in [1.82, 2.24) is 0 Å². The standard InChI is InChI=1S/C8H8O3/c1-6-5-10-8(11-6)7-3-2-4-9-7/h1-4,6,8H,5H2. The Balaban J connectivity index is 2.08. The molecule has 0 aliphatic carbocycles. The van der Waals surface area contributed by atoms with Gasteiger partial charge < -0.3 is 13.9 Å². The lowest BCUT2D eigenvalue weighted by Crippen LogP contribution is -2.02. The highest BCUT2D eigenvalue weighted by atomic mass is 16.7. The van der Waals surface area contributed by atoms with Crippen molar-refractivity contribution in [3.05, 3.63) is 31.1 Å². The van der Waals surface area contributed by atoms with E-state index in [4.69, 9.17) is 20.8 Å². The molecule has 2 atom stereocenters. The molecular weight excluding hydrogens is 144 g/mol. The van der Waals surface area contributed by atoms with Crippen molar-refractivity contribution in [2.75, 3.05) is 6.61 Å². The molecule has 0 aromatic carbocycles. The molecule has 2 radical (unpaired) electrons. The molecule has 3 heteroatoms. The van der Waals surface area contributed by atoms with E-state index in [1.54, 1.807) is 18.4 Å². The highest BCUT2D eigenvalue weighted by Crippen LogP contribution is 2.26. The Kier molecular flexibility index (Phi) is 1.68. The number of furan rings is 1. The van der Waals surface area contributed by atoms with Gasteiger partial charge in [-0.15, -0.1) is 0 Å². The van der Waals surface area contributed by atoms with Crippen LogP contribution in [0.3, 0.4) is 0 Å². The Labute approximate surface area is 64.9 Å². The monoisotopic (exact) mass is 152 g/mol. The van der Waals surface area contributed by atoms with Crippen LogP contribution in [-0.4, -0.2) is 12.7 Å². The molecule has 0 amide bonds. The highest BCUT2D eigenvalue weighted by Gasteiger charge is 2.25. The first-order chi connectivity index (χ1) is 5.36. The van der Waals surface area contributed by atoms with Gasteiger partial charge in [0.2, 0.25) is 6.29 Å². The maximum Gasteiger partial charge on any atom is 0.217 e. The third-order valence-electron chi connectivity index (χ3n) is 1.49. The van der Waals surface area contributed by atoms with Gasteiger partial charge in [-0.2, -0.15) is 0 Å². The van der Waals surface area contributed by atoms with Gasteiger partial charge in [0.25, 0.3) is 0 Å². The van der Waals surface area contributed by atoms with Gasteiger partial charge in [0.05, 0.1) is 19.0 Å². The molecule has 0 spiro atoms. The zero-order chi connectivity index (χ0) is 7.68. The van der Waals surface area contributed by atoms with Crippen molar-refractivity contribution in [1.29, 1.82) is 0 Å². The maximum atomic E-state index is 5.44. The molecule has 2 unspecified atom stereocenters. The third-order valence-corrected chi connectivity index (χ3v) is 1.49. The fraction of sp³-hybridized carbons (Fsp3) is 0.375. The largest absolute Gasteiger partial charge is 0.464 e. The molecule has 3 nitrogen and oxygen atoms in total. The first kappa shape index (κ1) is 6.88. The second-order valence-corrected chi connectivity index (χ2v) is 2.36. The zero-order valence-electron chi connectivity index (χ0n) is 5.90. The van der Waals surface area contributed by atoms with Crippen LogP contribution in [0.25, 0.3) is 0 Å². The summed E-state index contributed by atoms with van der Waals surface area (Å²) in [6.45, 7) is 5.86. The van der Waals surface area contributed by atoms with Crippen LogP contribution in [0, 0.1) is 6.92 Å². The van der Waals surface area contributed by atoms with Crippen molar-refractivity contribution < 1.29 is 13.9 Å². The average molecular weight is 152 g/mol. The van der Waals surface area contributed by atoms with E-state index in [0.29, 0.717) is 12.4 Å². The molecule has 0 saturated carbocycles. The minimum atomic E-state index is -0.417. The van der Waals surface area contributed by atoms with Gasteiger partial charge in [0.1, 0.15) is 0 Å². The summed E-state index contributed by atoms with van der Waals surface area (Å²) < 4.78 is 15.4. The molecule has 1 aromatic rings. The van der Waals surface area contributed by atoms with E-state index in [9.17, 15) is 0 Å². The third kappa shape index (κ3) is 1.29. The van der Waals surface area contributed by atoms with Gasteiger partial charge in [-0.05, 0) is 19.1 Å². The van der Waals surface area contributed by atoms with Crippen LogP contribution in [0.15, 0.2) is 22.8 Å². The number of rotatable bonds is 1. The van der Waals surface area contributed by atoms with Crippen molar-refractivity contribution in [2.45, 2.75) is 12.4 Å². The molecule has 0 bridgehead atoms. The van der Waals surface area contributed by atoms with Crippen LogP contribution in [-0.2, 0) is 9.47 Å². The summed E-state index contributed by atoms with van der Waals surface area (Å²) >= 11 is 0. The van der Waals surface area contributed by atoms with E-state index in [0.717, 1.165) is 0 Å². The molecule has 58 valence electrons. The van der Waals surface area contributed by atoms with Crippen LogP contribution in [0.1, 0.15) is 12.1 Å². The van der Waals surface area contributed by atoms with Gasteiger partial charge >= 0.3 is 0 Å². The molecule has 1 saturated heterocycles. The molecule has 1 aromatic heterocycles. The first-order valence-corrected chi connectivity index (χ1v) is 3.42. The van der Waals surface area contributed by atoms with E-state index >= 15 is 0 Å². The molecular formula is C8H8O3. The predicted octanol–water partition coefficient (Wildman–Crippen LogP) is 1.40. The van der Waals surface area contributed by atoms with Crippen molar-refractivity contribution in [2.24, 2.45) is 0 Å². The summed E-state index contributed by atoms with van der Waals surface area (Å²) in [7, 11) is 0. The van der Waals surface area contributed by atoms with E-state index < -0.39 is 6.29 Å². The smallest absolute Gasteiger partial charge is 0.217 e. The van der Waals surface area contributed by atoms with E-state index in [1.807, 2.05) is 0 Å². The first-order valence-electron chi connectivity index (χ1n) is 3.42. The summed E-state index contributed by atoms with van der Waals surface area (Å²) in [6.07, 6.45) is 0.830. The summed E-state index contributed by atoms with van der Waals surface area (Å²) in [5, 5.41) is 0. The normalized spacial score (nSPS) is 31.0. The Bertz CT molecular complexity index is 217. The lowest BCUT2D eigenvalue weighted by atomic mass is 10.4. The number of ether oxygens (including phenoxy) is 2. The van der Waals surface area contributed by atoms with Crippen LogP contribution in [0.5, 0.6) is 0 Å². The van der Waals surface area contributed by atoms with E-state index in [-0.39, 0.29) is 6.10 Å². The molecule has 0 N–H and O–H groups in total. The minimum absolute atomic E-state index is 0.329. The van der Waals surface area contributed by atoms with Gasteiger partial charge in [-0.3, -0.25) is 0 Å². The molecule has 2 rings (SSSR count). The zero-order valence-corrected chi connectivity index (χ0v) is 5.90. The van der Waals surface area contributed by atoms with Gasteiger partial charge in [0.15, 0.2) is 5.76 Å². The minimum Gasteiger partial charge on any atom is -0.464 e. The lowest BCUT2D eigenvalue weighted by molar-refractivity contribution is -0.0678. The maximum absolute atomic E-state index is 5.44. The molecule has 2 heterocycles. The second kappa shape index (κ2) is 2.68. The Morgan fingerprint density at radius 1 is 1.55 bits per heavy atom. The Morgan fingerprint density at radius 3 is 3.00 bits per heavy atom. The molecule has 1 aliphatic rings. The average Bonchev–Trinajstić information content (AvgIpc) is 2.55. The van der Waals surface area contributed by atoms with Gasteiger partial charge in [-0.25, -0.2) is 0 Å². The van der Waals surface area contributed by atoms with E-state index in [2.05, 4.69) is 0 Å². The van der Waals surface area contributed by atoms with Crippen LogP contribution in [0.4, 0.5) is 0 Å². The fourth-order valence-electron chi connectivity index (χ4n) is 0.994. The van der Waals surface area contributed by atoms with Crippen molar-refractivity contribution >= 4 is 0 Å². The Morgan fingerprint density at radius 2 is 2.45 bits per heavy atom. The second-order valence-electron chi connectivity index (χ2n) is 2.36. The van der Waals surface area contributed by atoms with Crippen LogP contribution >= 0.6 is 0 Å². The topological polar surface area (TPSA) is 31.6 Å². The van der Waals surface area contributed by atoms with Crippen molar-refractivity contribution in [3.63, 3.8) is 0 Å². The van der Waals surface area contributed by atoms with Crippen molar-refractivity contribution in [3.8, 4) is 0 Å². The fourth-order valence-corrected chi connectivity index (χ4v) is 0.994. The number of hydrogen-bond acceptors (Lipinski definition) is 3. The highest BCUT2D eigenvalue weighted by molar-refractivity contribution is 5.00. The molecule has 11 heavy (non-hydrogen) atoms. The molecule has 1 fully saturated rings. The van der Waals surface area contributed by atoms with Crippen LogP contribution in [0.2, 0.25) is 0 Å². The summed E-state index contributed by atoms with van der Waals surface area (Å²) in [5.74, 6) is 0.665. The lowest BCUT2D eigenvalue weighted by Gasteiger charge is -2.04. The summed E-state index contributed by atoms with van der Waals surface area (Å²) in [4.78, 5) is 0. The number of hydrogen-bond donors (Lipinski definition) is 0. The Hall–Kier alpha value is -0.800. The predicted molar refractivity (Wildman–Crippen MR) is 36.6 cm³/mol. The van der Waals surface area contributed by atoms with Gasteiger partial charge in [-0.1, -0.05) is 0 Å². The van der Waals surface area contributed by atoms with E-state index in [1.165, 1.54) is 0 Å². The SMILES string of the molecule is [CH]C1COC(c2ccco2)O1. The molecule has 1 aliphatic heterocycles. The van der Waals surface area contributed by atoms with Crippen LogP contribution < -0.4 is 0 Å². The summed E-state index contributed by atoms with van der Waals surface area (Å²) in [5.41, 5.74) is 0. The van der Waals surface area contributed by atoms with Gasteiger partial charge in [0, 0.05) is 0 Å². The summed E-state index contributed by atoms with van der Waals surface area (Å²) in [6, 6.07) is 3.58. The quantitative estimate of drug-likeness (QED) is 0.609.